The number of carbonyl (C=O) groups excluding carboxylic acids is 2. The predicted molar refractivity (Wildman–Crippen MR) is 282 cm³/mol. The Balaban J connectivity index is 4.57. The van der Waals surface area contributed by atoms with Gasteiger partial charge in [-0.05, 0) is 77.0 Å². The summed E-state index contributed by atoms with van der Waals surface area (Å²) < 4.78 is 5.96. The van der Waals surface area contributed by atoms with Crippen LogP contribution in [0.1, 0.15) is 303 Å². The second-order valence-electron chi connectivity index (χ2n) is 19.7. The van der Waals surface area contributed by atoms with E-state index in [1.165, 1.54) is 199 Å². The molecule has 0 fully saturated rings. The largest absolute Gasteiger partial charge is 0.462 e. The van der Waals surface area contributed by atoms with Crippen LogP contribution in [0.4, 0.5) is 0 Å². The van der Waals surface area contributed by atoms with Gasteiger partial charge in [-0.1, -0.05) is 250 Å². The summed E-state index contributed by atoms with van der Waals surface area (Å²) in [5, 5.41) is 23.9. The number of hydrogen-bond acceptors (Lipinski definition) is 5. The molecule has 0 heterocycles. The van der Waals surface area contributed by atoms with Crippen LogP contribution in [0.2, 0.25) is 0 Å². The number of aliphatic hydroxyl groups excluding tert-OH is 2. The molecule has 65 heavy (non-hydrogen) atoms. The van der Waals surface area contributed by atoms with Crippen molar-refractivity contribution in [1.29, 1.82) is 0 Å². The fourth-order valence-electron chi connectivity index (χ4n) is 8.83. The first-order chi connectivity index (χ1) is 32.0. The molecule has 6 heteroatoms. The molecule has 0 aromatic heterocycles. The van der Waals surface area contributed by atoms with Crippen molar-refractivity contribution in [3.8, 4) is 0 Å². The molecule has 0 saturated heterocycles. The SMILES string of the molecule is CCCCC/C=C/C=C/CCCCCCCCC(=O)OC(CCCCCCCCC/C=C/CCCCCCCC)CC(=O)NC(CO)C(O)CCCCCCCCCCCCCCCC. The van der Waals surface area contributed by atoms with Crippen molar-refractivity contribution in [3.63, 3.8) is 0 Å². The second kappa shape index (κ2) is 53.0. The molecule has 6 nitrogen and oxygen atoms in total. The Bertz CT molecular complexity index is 1070. The van der Waals surface area contributed by atoms with Crippen LogP contribution in [0, 0.1) is 0 Å². The Labute approximate surface area is 404 Å². The van der Waals surface area contributed by atoms with E-state index in [0.717, 1.165) is 57.8 Å². The highest BCUT2D eigenvalue weighted by Gasteiger charge is 2.24. The van der Waals surface area contributed by atoms with E-state index in [4.69, 9.17) is 4.74 Å². The summed E-state index contributed by atoms with van der Waals surface area (Å²) in [4.78, 5) is 26.3. The third-order valence-electron chi connectivity index (χ3n) is 13.2. The Kier molecular flexibility index (Phi) is 51.5. The summed E-state index contributed by atoms with van der Waals surface area (Å²) in [5.41, 5.74) is 0. The number of aliphatic hydroxyl groups is 2. The van der Waals surface area contributed by atoms with Crippen LogP contribution in [-0.2, 0) is 14.3 Å². The molecule has 0 rings (SSSR count). The average molecular weight is 915 g/mol. The monoisotopic (exact) mass is 914 g/mol. The number of unbranched alkanes of at least 4 members (excludes halogenated alkanes) is 35. The third-order valence-corrected chi connectivity index (χ3v) is 13.2. The van der Waals surface area contributed by atoms with Crippen molar-refractivity contribution in [2.24, 2.45) is 0 Å². The fourth-order valence-corrected chi connectivity index (χ4v) is 8.83. The number of carbonyl (C=O) groups is 2. The van der Waals surface area contributed by atoms with Crippen LogP contribution in [0.5, 0.6) is 0 Å². The molecule has 0 aliphatic heterocycles. The smallest absolute Gasteiger partial charge is 0.306 e. The van der Waals surface area contributed by atoms with E-state index in [-0.39, 0.29) is 24.9 Å². The number of esters is 1. The highest BCUT2D eigenvalue weighted by Crippen LogP contribution is 2.18. The molecule has 0 bridgehead atoms. The predicted octanol–water partition coefficient (Wildman–Crippen LogP) is 17.6. The van der Waals surface area contributed by atoms with Gasteiger partial charge < -0.3 is 20.3 Å². The van der Waals surface area contributed by atoms with E-state index in [1.54, 1.807) is 0 Å². The zero-order valence-electron chi connectivity index (χ0n) is 43.6. The lowest BCUT2D eigenvalue weighted by molar-refractivity contribution is -0.151. The Morgan fingerprint density at radius 2 is 0.785 bits per heavy atom. The van der Waals surface area contributed by atoms with Gasteiger partial charge in [0.25, 0.3) is 0 Å². The fraction of sp³-hybridized carbons (Fsp3) is 0.864. The highest BCUT2D eigenvalue weighted by molar-refractivity contribution is 5.77. The van der Waals surface area contributed by atoms with E-state index in [1.807, 2.05) is 0 Å². The summed E-state index contributed by atoms with van der Waals surface area (Å²) in [5.74, 6) is -0.478. The van der Waals surface area contributed by atoms with E-state index in [9.17, 15) is 19.8 Å². The molecule has 0 aliphatic rings. The van der Waals surface area contributed by atoms with E-state index in [2.05, 4.69) is 62.5 Å². The summed E-state index contributed by atoms with van der Waals surface area (Å²) in [6, 6.07) is -0.704. The minimum Gasteiger partial charge on any atom is -0.462 e. The molecule has 382 valence electrons. The van der Waals surface area contributed by atoms with Gasteiger partial charge >= 0.3 is 5.97 Å². The maximum Gasteiger partial charge on any atom is 0.306 e. The molecular weight excluding hydrogens is 803 g/mol. The zero-order valence-corrected chi connectivity index (χ0v) is 43.6. The Morgan fingerprint density at radius 3 is 1.22 bits per heavy atom. The molecule has 3 unspecified atom stereocenters. The van der Waals surface area contributed by atoms with Crippen LogP contribution in [0.25, 0.3) is 0 Å². The number of rotatable bonds is 52. The summed E-state index contributed by atoms with van der Waals surface area (Å²) in [6.07, 6.45) is 63.4. The van der Waals surface area contributed by atoms with Crippen molar-refractivity contribution in [3.05, 3.63) is 36.5 Å². The normalized spacial score (nSPS) is 13.4. The van der Waals surface area contributed by atoms with Crippen molar-refractivity contribution in [2.45, 2.75) is 322 Å². The molecule has 0 aromatic carbocycles. The quantitative estimate of drug-likeness (QED) is 0.0244. The summed E-state index contributed by atoms with van der Waals surface area (Å²) in [6.45, 7) is 6.48. The highest BCUT2D eigenvalue weighted by atomic mass is 16.5. The van der Waals surface area contributed by atoms with Gasteiger partial charge in [-0.25, -0.2) is 0 Å². The number of amides is 1. The lowest BCUT2D eigenvalue weighted by Gasteiger charge is -2.24. The van der Waals surface area contributed by atoms with Crippen LogP contribution in [0.15, 0.2) is 36.5 Å². The first-order valence-electron chi connectivity index (χ1n) is 28.7. The van der Waals surface area contributed by atoms with Gasteiger partial charge in [0.05, 0.1) is 25.2 Å². The maximum atomic E-state index is 13.3. The van der Waals surface area contributed by atoms with Gasteiger partial charge in [0, 0.05) is 6.42 Å². The van der Waals surface area contributed by atoms with Crippen molar-refractivity contribution < 1.29 is 24.5 Å². The molecule has 0 radical (unpaired) electrons. The van der Waals surface area contributed by atoms with Crippen LogP contribution >= 0.6 is 0 Å². The lowest BCUT2D eigenvalue weighted by atomic mass is 10.0. The minimum atomic E-state index is -0.790. The molecule has 0 aromatic rings. The summed E-state index contributed by atoms with van der Waals surface area (Å²) >= 11 is 0. The van der Waals surface area contributed by atoms with Gasteiger partial charge in [0.15, 0.2) is 0 Å². The van der Waals surface area contributed by atoms with Gasteiger partial charge in [0.2, 0.25) is 5.91 Å². The number of allylic oxidation sites excluding steroid dienone is 6. The third kappa shape index (κ3) is 48.3. The van der Waals surface area contributed by atoms with Gasteiger partial charge in [-0.3, -0.25) is 9.59 Å². The first-order valence-corrected chi connectivity index (χ1v) is 28.7. The van der Waals surface area contributed by atoms with Crippen molar-refractivity contribution >= 4 is 11.9 Å². The number of nitrogens with one attached hydrogen (secondary N) is 1. The maximum absolute atomic E-state index is 13.3. The first kappa shape index (κ1) is 63.1. The van der Waals surface area contributed by atoms with Crippen LogP contribution < -0.4 is 5.32 Å². The standard InChI is InChI=1S/C59H111NO5/c1-4-7-10-13-16-19-22-25-28-29-31-32-35-38-41-44-47-50-55(65-59(64)52-49-46-43-40-37-34-30-26-23-20-17-14-11-8-5-2)53-58(63)60-56(54-61)57(62)51-48-45-42-39-36-33-27-24-21-18-15-12-9-6-3/h17,20,23,25-26,28,55-57,61-62H,4-16,18-19,21-22,24,27,29-54H2,1-3H3,(H,60,63)/b20-17+,26-23+,28-25+. The molecule has 3 N–H and O–H groups in total. The zero-order chi connectivity index (χ0) is 47.4. The van der Waals surface area contributed by atoms with Crippen LogP contribution in [-0.4, -0.2) is 46.9 Å². The Hall–Kier alpha value is -1.92. The molecule has 0 saturated carbocycles. The van der Waals surface area contributed by atoms with Crippen molar-refractivity contribution in [2.75, 3.05) is 6.61 Å². The van der Waals surface area contributed by atoms with E-state index < -0.39 is 18.2 Å². The Morgan fingerprint density at radius 1 is 0.446 bits per heavy atom. The van der Waals surface area contributed by atoms with Gasteiger partial charge in [-0.15, -0.1) is 0 Å². The van der Waals surface area contributed by atoms with Gasteiger partial charge in [0.1, 0.15) is 6.10 Å². The molecule has 1 amide bonds. The van der Waals surface area contributed by atoms with Gasteiger partial charge in [-0.2, -0.15) is 0 Å². The molecule has 0 aliphatic carbocycles. The lowest BCUT2D eigenvalue weighted by Crippen LogP contribution is -2.46. The topological polar surface area (TPSA) is 95.9 Å². The molecule has 0 spiro atoms. The van der Waals surface area contributed by atoms with Crippen LogP contribution in [0.3, 0.4) is 0 Å². The van der Waals surface area contributed by atoms with E-state index in [0.29, 0.717) is 19.3 Å². The summed E-state index contributed by atoms with van der Waals surface area (Å²) in [7, 11) is 0. The second-order valence-corrected chi connectivity index (χ2v) is 19.7. The molecule has 3 atom stereocenters. The minimum absolute atomic E-state index is 0.0727. The average Bonchev–Trinajstić information content (AvgIpc) is 3.30. The molecular formula is C59H111NO5. The van der Waals surface area contributed by atoms with E-state index >= 15 is 0 Å². The number of hydrogen-bond donors (Lipinski definition) is 3. The van der Waals surface area contributed by atoms with Crippen molar-refractivity contribution in [1.82, 2.24) is 5.32 Å². The number of ether oxygens (including phenoxy) is 1.